The molecule has 0 aliphatic heterocycles. The molecule has 0 aliphatic carbocycles. The summed E-state index contributed by atoms with van der Waals surface area (Å²) in [7, 11) is 0. The van der Waals surface area contributed by atoms with Crippen LogP contribution in [0.1, 0.15) is 17.2 Å². The molecule has 0 bridgehead atoms. The molecule has 0 heterocycles. The first kappa shape index (κ1) is 16.6. The largest absolute Gasteiger partial charge is 0.394 e. The Bertz CT molecular complexity index is 704. The molecule has 2 rings (SSSR count). The van der Waals surface area contributed by atoms with Gasteiger partial charge in [0.15, 0.2) is 0 Å². The van der Waals surface area contributed by atoms with E-state index in [0.717, 1.165) is 5.56 Å². The number of carbonyl (C=O) groups excluding carboxylic acids is 2. The van der Waals surface area contributed by atoms with E-state index in [9.17, 15) is 19.1 Å². The molecular formula is C17H17FN2O3. The standard InChI is InChI=1S/C17H17FN2O3/c1-11-7-8-13(18)14(9-11)19-16(22)17(23)20-15(10-21)12-5-3-2-4-6-12/h2-9,15,21H,10H2,1H3,(H,19,22)(H,20,23). The van der Waals surface area contributed by atoms with Gasteiger partial charge in [-0.2, -0.15) is 0 Å². The van der Waals surface area contributed by atoms with Gasteiger partial charge >= 0.3 is 11.8 Å². The number of carbonyl (C=O) groups is 2. The van der Waals surface area contributed by atoms with E-state index in [4.69, 9.17) is 0 Å². The van der Waals surface area contributed by atoms with Crippen molar-refractivity contribution in [3.05, 3.63) is 65.5 Å². The Hall–Kier alpha value is -2.73. The molecule has 2 aromatic rings. The van der Waals surface area contributed by atoms with Crippen molar-refractivity contribution >= 4 is 17.5 Å². The third-order valence-electron chi connectivity index (χ3n) is 3.27. The lowest BCUT2D eigenvalue weighted by atomic mass is 10.1. The van der Waals surface area contributed by atoms with Crippen LogP contribution in [0.4, 0.5) is 10.1 Å². The van der Waals surface area contributed by atoms with Crippen molar-refractivity contribution in [3.8, 4) is 0 Å². The van der Waals surface area contributed by atoms with Crippen LogP contribution in [-0.2, 0) is 9.59 Å². The molecule has 1 atom stereocenters. The van der Waals surface area contributed by atoms with E-state index >= 15 is 0 Å². The number of rotatable bonds is 4. The van der Waals surface area contributed by atoms with E-state index < -0.39 is 23.7 Å². The Morgan fingerprint density at radius 2 is 1.83 bits per heavy atom. The summed E-state index contributed by atoms with van der Waals surface area (Å²) in [4.78, 5) is 23.8. The number of benzene rings is 2. The summed E-state index contributed by atoms with van der Waals surface area (Å²) in [6.07, 6.45) is 0. The Labute approximate surface area is 133 Å². The lowest BCUT2D eigenvalue weighted by Crippen LogP contribution is -2.39. The molecule has 0 saturated heterocycles. The van der Waals surface area contributed by atoms with Crippen molar-refractivity contribution in [1.29, 1.82) is 0 Å². The third-order valence-corrected chi connectivity index (χ3v) is 3.27. The molecule has 0 aliphatic rings. The van der Waals surface area contributed by atoms with Crippen LogP contribution >= 0.6 is 0 Å². The zero-order valence-electron chi connectivity index (χ0n) is 12.5. The predicted molar refractivity (Wildman–Crippen MR) is 84.2 cm³/mol. The maximum Gasteiger partial charge on any atom is 0.313 e. The average molecular weight is 316 g/mol. The zero-order chi connectivity index (χ0) is 16.8. The fourth-order valence-corrected chi connectivity index (χ4v) is 2.06. The van der Waals surface area contributed by atoms with E-state index in [2.05, 4.69) is 10.6 Å². The first-order chi connectivity index (χ1) is 11.0. The summed E-state index contributed by atoms with van der Waals surface area (Å²) < 4.78 is 13.6. The highest BCUT2D eigenvalue weighted by atomic mass is 19.1. The summed E-state index contributed by atoms with van der Waals surface area (Å²) >= 11 is 0. The molecule has 0 aromatic heterocycles. The number of aliphatic hydroxyl groups excluding tert-OH is 1. The fraction of sp³-hybridized carbons (Fsp3) is 0.176. The van der Waals surface area contributed by atoms with E-state index in [1.54, 1.807) is 43.3 Å². The number of nitrogens with one attached hydrogen (secondary N) is 2. The van der Waals surface area contributed by atoms with Gasteiger partial charge in [0.2, 0.25) is 0 Å². The Balaban J connectivity index is 2.05. The quantitative estimate of drug-likeness (QED) is 0.754. The van der Waals surface area contributed by atoms with Crippen molar-refractivity contribution in [2.24, 2.45) is 0 Å². The predicted octanol–water partition coefficient (Wildman–Crippen LogP) is 1.92. The van der Waals surface area contributed by atoms with E-state index in [-0.39, 0.29) is 12.3 Å². The van der Waals surface area contributed by atoms with E-state index in [1.807, 2.05) is 0 Å². The molecule has 120 valence electrons. The summed E-state index contributed by atoms with van der Waals surface area (Å²) in [6, 6.07) is 12.2. The molecule has 5 nitrogen and oxygen atoms in total. The van der Waals surface area contributed by atoms with Crippen LogP contribution in [-0.4, -0.2) is 23.5 Å². The second kappa shape index (κ2) is 7.51. The number of hydrogen-bond donors (Lipinski definition) is 3. The van der Waals surface area contributed by atoms with Crippen LogP contribution in [0, 0.1) is 12.7 Å². The molecule has 2 aromatic carbocycles. The van der Waals surface area contributed by atoms with Crippen LogP contribution in [0.15, 0.2) is 48.5 Å². The van der Waals surface area contributed by atoms with Gasteiger partial charge in [0.05, 0.1) is 18.3 Å². The van der Waals surface area contributed by atoms with Crippen LogP contribution in [0.3, 0.4) is 0 Å². The van der Waals surface area contributed by atoms with Gasteiger partial charge in [0, 0.05) is 0 Å². The van der Waals surface area contributed by atoms with Crippen molar-refractivity contribution in [1.82, 2.24) is 5.32 Å². The van der Waals surface area contributed by atoms with Crippen molar-refractivity contribution < 1.29 is 19.1 Å². The molecule has 2 amide bonds. The summed E-state index contributed by atoms with van der Waals surface area (Å²) in [5.41, 5.74) is 1.35. The SMILES string of the molecule is Cc1ccc(F)c(NC(=O)C(=O)NC(CO)c2ccccc2)c1. The average Bonchev–Trinajstić information content (AvgIpc) is 2.56. The topological polar surface area (TPSA) is 78.4 Å². The molecule has 23 heavy (non-hydrogen) atoms. The summed E-state index contributed by atoms with van der Waals surface area (Å²) in [5.74, 6) is -2.57. The maximum atomic E-state index is 13.6. The Morgan fingerprint density at radius 1 is 1.13 bits per heavy atom. The first-order valence-electron chi connectivity index (χ1n) is 7.05. The number of amides is 2. The van der Waals surface area contributed by atoms with Gasteiger partial charge in [-0.1, -0.05) is 36.4 Å². The van der Waals surface area contributed by atoms with Crippen LogP contribution in [0.25, 0.3) is 0 Å². The third kappa shape index (κ3) is 4.37. The highest BCUT2D eigenvalue weighted by Crippen LogP contribution is 2.16. The Kier molecular flexibility index (Phi) is 5.43. The van der Waals surface area contributed by atoms with Gasteiger partial charge in [-0.3, -0.25) is 9.59 Å². The first-order valence-corrected chi connectivity index (χ1v) is 7.05. The fourth-order valence-electron chi connectivity index (χ4n) is 2.06. The van der Waals surface area contributed by atoms with Gasteiger partial charge in [0.1, 0.15) is 5.82 Å². The van der Waals surface area contributed by atoms with Crippen LogP contribution < -0.4 is 10.6 Å². The molecule has 6 heteroatoms. The number of aryl methyl sites for hydroxylation is 1. The van der Waals surface area contributed by atoms with Crippen molar-refractivity contribution in [3.63, 3.8) is 0 Å². The molecule has 1 unspecified atom stereocenters. The smallest absolute Gasteiger partial charge is 0.313 e. The van der Waals surface area contributed by atoms with Gasteiger partial charge < -0.3 is 15.7 Å². The summed E-state index contributed by atoms with van der Waals surface area (Å²) in [6.45, 7) is 1.38. The number of anilines is 1. The molecule has 0 fully saturated rings. The van der Waals surface area contributed by atoms with Gasteiger partial charge in [0.25, 0.3) is 0 Å². The lowest BCUT2D eigenvalue weighted by Gasteiger charge is -2.16. The molecule has 0 spiro atoms. The van der Waals surface area contributed by atoms with Gasteiger partial charge in [-0.05, 0) is 30.2 Å². The molecule has 0 saturated carbocycles. The van der Waals surface area contributed by atoms with E-state index in [1.165, 1.54) is 12.1 Å². The molecule has 0 radical (unpaired) electrons. The minimum Gasteiger partial charge on any atom is -0.394 e. The highest BCUT2D eigenvalue weighted by molar-refractivity contribution is 6.39. The van der Waals surface area contributed by atoms with E-state index in [0.29, 0.717) is 5.56 Å². The van der Waals surface area contributed by atoms with Crippen molar-refractivity contribution in [2.45, 2.75) is 13.0 Å². The normalized spacial score (nSPS) is 11.6. The Morgan fingerprint density at radius 3 is 2.48 bits per heavy atom. The molecule has 3 N–H and O–H groups in total. The highest BCUT2D eigenvalue weighted by Gasteiger charge is 2.20. The lowest BCUT2D eigenvalue weighted by molar-refractivity contribution is -0.136. The monoisotopic (exact) mass is 316 g/mol. The number of hydrogen-bond acceptors (Lipinski definition) is 3. The second-order valence-corrected chi connectivity index (χ2v) is 5.06. The van der Waals surface area contributed by atoms with Gasteiger partial charge in [-0.15, -0.1) is 0 Å². The minimum absolute atomic E-state index is 0.0644. The minimum atomic E-state index is -0.996. The summed E-state index contributed by atoms with van der Waals surface area (Å²) in [5, 5.41) is 14.0. The van der Waals surface area contributed by atoms with Crippen molar-refractivity contribution in [2.75, 3.05) is 11.9 Å². The zero-order valence-corrected chi connectivity index (χ0v) is 12.5. The second-order valence-electron chi connectivity index (χ2n) is 5.06. The molecular weight excluding hydrogens is 299 g/mol. The van der Waals surface area contributed by atoms with Crippen LogP contribution in [0.5, 0.6) is 0 Å². The maximum absolute atomic E-state index is 13.6. The number of aliphatic hydroxyl groups is 1. The van der Waals surface area contributed by atoms with Crippen LogP contribution in [0.2, 0.25) is 0 Å². The van der Waals surface area contributed by atoms with Gasteiger partial charge in [-0.25, -0.2) is 4.39 Å². The number of halogens is 1.